The molecule has 0 atom stereocenters. The molecule has 0 spiro atoms. The molecule has 4 heteroatoms. The first kappa shape index (κ1) is 12.4. The Hall–Kier alpha value is -1.71. The van der Waals surface area contributed by atoms with Gasteiger partial charge in [0.05, 0.1) is 7.11 Å². The third-order valence-corrected chi connectivity index (χ3v) is 2.32. The molecule has 0 aliphatic heterocycles. The zero-order valence-electron chi connectivity index (χ0n) is 9.99. The summed E-state index contributed by atoms with van der Waals surface area (Å²) in [6.07, 6.45) is 0.424. The highest BCUT2D eigenvalue weighted by atomic mass is 16.5. The van der Waals surface area contributed by atoms with Crippen LogP contribution in [0.2, 0.25) is 0 Å². The van der Waals surface area contributed by atoms with Crippen molar-refractivity contribution >= 4 is 11.8 Å². The van der Waals surface area contributed by atoms with Gasteiger partial charge in [0.25, 0.3) is 0 Å². The number of anilines is 1. The lowest BCUT2D eigenvalue weighted by molar-refractivity contribution is 0.171. The van der Waals surface area contributed by atoms with Gasteiger partial charge in [-0.25, -0.2) is 4.79 Å². The molecule has 88 valence electrons. The van der Waals surface area contributed by atoms with Crippen molar-refractivity contribution in [3.05, 3.63) is 29.8 Å². The summed E-state index contributed by atoms with van der Waals surface area (Å²) in [7, 11) is 5.38. The number of benzene rings is 1. The Bertz CT molecular complexity index is 333. The molecule has 0 aromatic heterocycles. The van der Waals surface area contributed by atoms with Crippen molar-refractivity contribution < 1.29 is 9.53 Å². The summed E-state index contributed by atoms with van der Waals surface area (Å²) in [6.45, 7) is 0.591. The van der Waals surface area contributed by atoms with Gasteiger partial charge in [0.2, 0.25) is 0 Å². The van der Waals surface area contributed by atoms with Gasteiger partial charge in [0.1, 0.15) is 0 Å². The normalized spacial score (nSPS) is 9.69. The van der Waals surface area contributed by atoms with Crippen molar-refractivity contribution in [1.29, 1.82) is 0 Å². The average molecular weight is 222 g/mol. The third kappa shape index (κ3) is 3.81. The van der Waals surface area contributed by atoms with Crippen LogP contribution < -0.4 is 10.2 Å². The van der Waals surface area contributed by atoms with E-state index in [0.717, 1.165) is 6.42 Å². The van der Waals surface area contributed by atoms with Crippen molar-refractivity contribution in [2.24, 2.45) is 0 Å². The SMILES string of the molecule is COC(=O)NCCc1ccc(N(C)C)cc1. The summed E-state index contributed by atoms with van der Waals surface area (Å²) in [4.78, 5) is 12.9. The van der Waals surface area contributed by atoms with E-state index in [4.69, 9.17) is 0 Å². The number of ether oxygens (including phenoxy) is 1. The number of nitrogens with zero attached hydrogens (tertiary/aromatic N) is 1. The Morgan fingerprint density at radius 1 is 1.31 bits per heavy atom. The van der Waals surface area contributed by atoms with E-state index in [1.807, 2.05) is 14.1 Å². The van der Waals surface area contributed by atoms with Crippen LogP contribution >= 0.6 is 0 Å². The van der Waals surface area contributed by atoms with Gasteiger partial charge in [0.15, 0.2) is 0 Å². The van der Waals surface area contributed by atoms with E-state index in [-0.39, 0.29) is 6.09 Å². The fraction of sp³-hybridized carbons (Fsp3) is 0.417. The van der Waals surface area contributed by atoms with Crippen LogP contribution in [0, 0.1) is 0 Å². The molecule has 0 heterocycles. The molecule has 4 nitrogen and oxygen atoms in total. The van der Waals surface area contributed by atoms with E-state index in [2.05, 4.69) is 39.2 Å². The highest BCUT2D eigenvalue weighted by Gasteiger charge is 1.99. The number of amides is 1. The second-order valence-electron chi connectivity index (χ2n) is 3.73. The first-order valence-corrected chi connectivity index (χ1v) is 5.21. The molecule has 0 saturated heterocycles. The summed E-state index contributed by atoms with van der Waals surface area (Å²) in [6, 6.07) is 8.25. The van der Waals surface area contributed by atoms with E-state index >= 15 is 0 Å². The quantitative estimate of drug-likeness (QED) is 0.842. The number of rotatable bonds is 4. The van der Waals surface area contributed by atoms with Crippen LogP contribution in [0.15, 0.2) is 24.3 Å². The highest BCUT2D eigenvalue weighted by Crippen LogP contribution is 2.12. The van der Waals surface area contributed by atoms with E-state index in [1.54, 1.807) is 0 Å². The second kappa shape index (κ2) is 6.00. The smallest absolute Gasteiger partial charge is 0.406 e. The highest BCUT2D eigenvalue weighted by molar-refractivity contribution is 5.66. The number of carbonyl (C=O) groups excluding carboxylic acids is 1. The van der Waals surface area contributed by atoms with Crippen LogP contribution in [0.4, 0.5) is 10.5 Å². The van der Waals surface area contributed by atoms with Crippen molar-refractivity contribution in [2.45, 2.75) is 6.42 Å². The number of carbonyl (C=O) groups is 1. The van der Waals surface area contributed by atoms with Gasteiger partial charge in [-0.05, 0) is 24.1 Å². The van der Waals surface area contributed by atoms with Crippen molar-refractivity contribution in [3.63, 3.8) is 0 Å². The van der Waals surface area contributed by atoms with E-state index < -0.39 is 0 Å². The summed E-state index contributed by atoms with van der Waals surface area (Å²) in [5.74, 6) is 0. The molecule has 1 rings (SSSR count). The lowest BCUT2D eigenvalue weighted by Crippen LogP contribution is -2.25. The number of nitrogens with one attached hydrogen (secondary N) is 1. The molecule has 16 heavy (non-hydrogen) atoms. The van der Waals surface area contributed by atoms with Gasteiger partial charge < -0.3 is 15.0 Å². The van der Waals surface area contributed by atoms with Crippen LogP contribution in [0.25, 0.3) is 0 Å². The van der Waals surface area contributed by atoms with Crippen LogP contribution in [0.5, 0.6) is 0 Å². The molecule has 0 bridgehead atoms. The lowest BCUT2D eigenvalue weighted by atomic mass is 10.1. The van der Waals surface area contributed by atoms with Crippen molar-refractivity contribution in [1.82, 2.24) is 5.32 Å². The maximum absolute atomic E-state index is 10.8. The Balaban J connectivity index is 2.40. The van der Waals surface area contributed by atoms with Crippen LogP contribution in [-0.4, -0.2) is 33.8 Å². The number of alkyl carbamates (subject to hydrolysis) is 1. The molecule has 0 radical (unpaired) electrons. The van der Waals surface area contributed by atoms with Crippen LogP contribution in [0.3, 0.4) is 0 Å². The first-order valence-electron chi connectivity index (χ1n) is 5.21. The minimum atomic E-state index is -0.384. The molecule has 1 aromatic rings. The van der Waals surface area contributed by atoms with Gasteiger partial charge >= 0.3 is 6.09 Å². The Kier molecular flexibility index (Phi) is 4.64. The average Bonchev–Trinajstić information content (AvgIpc) is 2.29. The number of hydrogen-bond donors (Lipinski definition) is 1. The largest absolute Gasteiger partial charge is 0.453 e. The molecular weight excluding hydrogens is 204 g/mol. The molecule has 1 N–H and O–H groups in total. The van der Waals surface area contributed by atoms with Gasteiger partial charge in [-0.2, -0.15) is 0 Å². The minimum absolute atomic E-state index is 0.384. The van der Waals surface area contributed by atoms with E-state index in [0.29, 0.717) is 6.54 Å². The number of hydrogen-bond acceptors (Lipinski definition) is 3. The molecular formula is C12H18N2O2. The monoisotopic (exact) mass is 222 g/mol. The lowest BCUT2D eigenvalue weighted by Gasteiger charge is -2.12. The fourth-order valence-corrected chi connectivity index (χ4v) is 1.34. The zero-order chi connectivity index (χ0) is 12.0. The molecule has 0 aliphatic carbocycles. The fourth-order valence-electron chi connectivity index (χ4n) is 1.34. The Morgan fingerprint density at radius 3 is 2.44 bits per heavy atom. The Morgan fingerprint density at radius 2 is 1.94 bits per heavy atom. The molecule has 0 unspecified atom stereocenters. The molecule has 1 amide bonds. The van der Waals surface area contributed by atoms with E-state index in [9.17, 15) is 4.79 Å². The summed E-state index contributed by atoms with van der Waals surface area (Å²) < 4.78 is 4.48. The van der Waals surface area contributed by atoms with Gasteiger partial charge in [-0.15, -0.1) is 0 Å². The summed E-state index contributed by atoms with van der Waals surface area (Å²) in [5.41, 5.74) is 2.37. The van der Waals surface area contributed by atoms with Gasteiger partial charge in [-0.1, -0.05) is 12.1 Å². The first-order chi connectivity index (χ1) is 7.63. The molecule has 0 saturated carbocycles. The topological polar surface area (TPSA) is 41.6 Å². The third-order valence-electron chi connectivity index (χ3n) is 2.32. The van der Waals surface area contributed by atoms with E-state index in [1.165, 1.54) is 18.4 Å². The minimum Gasteiger partial charge on any atom is -0.453 e. The predicted molar refractivity (Wildman–Crippen MR) is 64.9 cm³/mol. The number of methoxy groups -OCH3 is 1. The van der Waals surface area contributed by atoms with Gasteiger partial charge in [0, 0.05) is 26.3 Å². The maximum Gasteiger partial charge on any atom is 0.406 e. The zero-order valence-corrected chi connectivity index (χ0v) is 9.99. The predicted octanol–water partition coefficient (Wildman–Crippen LogP) is 1.65. The molecule has 1 aromatic carbocycles. The van der Waals surface area contributed by atoms with Gasteiger partial charge in [-0.3, -0.25) is 0 Å². The van der Waals surface area contributed by atoms with Crippen molar-refractivity contribution in [2.75, 3.05) is 32.6 Å². The van der Waals surface area contributed by atoms with Crippen molar-refractivity contribution in [3.8, 4) is 0 Å². The van der Waals surface area contributed by atoms with Crippen LogP contribution in [-0.2, 0) is 11.2 Å². The standard InChI is InChI=1S/C12H18N2O2/c1-14(2)11-6-4-10(5-7-11)8-9-13-12(15)16-3/h4-7H,8-9H2,1-3H3,(H,13,15). The Labute approximate surface area is 96.2 Å². The summed E-state index contributed by atoms with van der Waals surface area (Å²) in [5, 5.41) is 2.65. The summed E-state index contributed by atoms with van der Waals surface area (Å²) >= 11 is 0. The molecule has 0 fully saturated rings. The van der Waals surface area contributed by atoms with Crippen LogP contribution in [0.1, 0.15) is 5.56 Å². The maximum atomic E-state index is 10.8. The molecule has 0 aliphatic rings. The second-order valence-corrected chi connectivity index (χ2v) is 3.73.